The first kappa shape index (κ1) is 37.4. The van der Waals surface area contributed by atoms with Crippen LogP contribution >= 0.6 is 0 Å². The topological polar surface area (TPSA) is 115 Å². The predicted octanol–water partition coefficient (Wildman–Crippen LogP) is 4.97. The molecule has 0 radical (unpaired) electrons. The number of ether oxygens (including phenoxy) is 2. The van der Waals surface area contributed by atoms with Crippen LogP contribution in [0.25, 0.3) is 0 Å². The number of alkyl carbamates (subject to hydrolysis) is 1. The van der Waals surface area contributed by atoms with Gasteiger partial charge in [-0.25, -0.2) is 4.79 Å². The average Bonchev–Trinajstić information content (AvgIpc) is 2.91. The number of rotatable bonds is 16. The van der Waals surface area contributed by atoms with Crippen molar-refractivity contribution in [2.24, 2.45) is 5.73 Å². The number of benzene rings is 1. The van der Waals surface area contributed by atoms with Crippen molar-refractivity contribution >= 4 is 12.0 Å². The molecule has 0 aliphatic heterocycles. The highest BCUT2D eigenvalue weighted by Gasteiger charge is 2.04. The number of amides is 2. The summed E-state index contributed by atoms with van der Waals surface area (Å²) in [6.45, 7) is 16.6. The first-order valence-corrected chi connectivity index (χ1v) is 13.3. The smallest absolute Gasteiger partial charge is 0.407 e. The number of carbonyl (C=O) groups is 2. The highest BCUT2D eigenvalue weighted by atomic mass is 16.5. The van der Waals surface area contributed by atoms with Crippen molar-refractivity contribution < 1.29 is 19.1 Å². The quantitative estimate of drug-likeness (QED) is 0.189. The van der Waals surface area contributed by atoms with Crippen LogP contribution in [0.3, 0.4) is 0 Å². The largest absolute Gasteiger partial charge is 0.445 e. The van der Waals surface area contributed by atoms with Gasteiger partial charge in [0.25, 0.3) is 0 Å². The molecule has 1 rings (SSSR count). The molecule has 2 amide bonds. The Balaban J connectivity index is -0.000000615. The van der Waals surface area contributed by atoms with Gasteiger partial charge < -0.3 is 25.8 Å². The van der Waals surface area contributed by atoms with Crippen molar-refractivity contribution in [1.82, 2.24) is 16.0 Å². The molecule has 0 heterocycles. The third-order valence-electron chi connectivity index (χ3n) is 4.09. The maximum absolute atomic E-state index is 11.4. The minimum absolute atomic E-state index is 0.0305. The predicted molar refractivity (Wildman–Crippen MR) is 147 cm³/mol. The van der Waals surface area contributed by atoms with Crippen molar-refractivity contribution in [1.29, 1.82) is 0 Å². The molecule has 35 heavy (non-hydrogen) atoms. The van der Waals surface area contributed by atoms with E-state index < -0.39 is 6.09 Å². The maximum Gasteiger partial charge on any atom is 0.407 e. The summed E-state index contributed by atoms with van der Waals surface area (Å²) in [4.78, 5) is 22.9. The molecule has 0 bridgehead atoms. The van der Waals surface area contributed by atoms with E-state index in [1.54, 1.807) is 0 Å². The molecule has 0 fully saturated rings. The molecular formula is C27H54N4O4. The van der Waals surface area contributed by atoms with Crippen molar-refractivity contribution in [3.63, 3.8) is 0 Å². The van der Waals surface area contributed by atoms with Gasteiger partial charge in [-0.2, -0.15) is 0 Å². The molecule has 0 aliphatic carbocycles. The summed E-state index contributed by atoms with van der Waals surface area (Å²) in [5.74, 6) is 0.0305. The molecule has 5 N–H and O–H groups in total. The molecule has 0 aliphatic rings. The van der Waals surface area contributed by atoms with Gasteiger partial charge in [0.2, 0.25) is 5.91 Å². The van der Waals surface area contributed by atoms with Crippen LogP contribution < -0.4 is 21.7 Å². The van der Waals surface area contributed by atoms with E-state index in [-0.39, 0.29) is 12.5 Å². The van der Waals surface area contributed by atoms with Gasteiger partial charge in [-0.05, 0) is 31.4 Å². The fraction of sp³-hybridized carbons (Fsp3) is 0.704. The van der Waals surface area contributed by atoms with E-state index >= 15 is 0 Å². The highest BCUT2D eigenvalue weighted by molar-refractivity contribution is 5.75. The molecule has 0 spiro atoms. The summed E-state index contributed by atoms with van der Waals surface area (Å²) in [6, 6.07) is 9.50. The number of carbonyl (C=O) groups excluding carboxylic acids is 2. The molecule has 0 atom stereocenters. The Labute approximate surface area is 215 Å². The van der Waals surface area contributed by atoms with E-state index in [9.17, 15) is 9.59 Å². The standard InChI is InChI=1S/C16H24N2O3.C7H18N2O.2C2H6/c1-2-3-11-17-15(19)10-7-12-18-16(20)21-13-14-8-5-4-6-9-14;1-2-3-5-9-7-10-6-4-8;2*1-2/h4-6,8-9H,2-3,7,10-13H2,1H3,(H,17,19)(H,18,20);9H,2-8H2,1H3;2*1-2H3. The van der Waals surface area contributed by atoms with Crippen LogP contribution in [0.4, 0.5) is 4.79 Å². The molecule has 8 heteroatoms. The molecule has 0 aromatic heterocycles. The monoisotopic (exact) mass is 498 g/mol. The first-order valence-electron chi connectivity index (χ1n) is 13.3. The van der Waals surface area contributed by atoms with Gasteiger partial charge in [-0.15, -0.1) is 0 Å². The van der Waals surface area contributed by atoms with Gasteiger partial charge in [-0.3, -0.25) is 10.1 Å². The summed E-state index contributed by atoms with van der Waals surface area (Å²) >= 11 is 0. The van der Waals surface area contributed by atoms with Crippen molar-refractivity contribution in [2.45, 2.75) is 86.7 Å². The SMILES string of the molecule is CC.CC.CCCCNC(=O)CCCNC(=O)OCc1ccccc1.CCCCNCOCCN. The first-order chi connectivity index (χ1) is 17.1. The number of nitrogens with two attached hydrogens (primary N) is 1. The fourth-order valence-corrected chi connectivity index (χ4v) is 2.31. The van der Waals surface area contributed by atoms with Crippen LogP contribution in [0.1, 0.15) is 85.6 Å². The van der Waals surface area contributed by atoms with Crippen LogP contribution in [0.5, 0.6) is 0 Å². The van der Waals surface area contributed by atoms with E-state index in [1.807, 2.05) is 58.0 Å². The van der Waals surface area contributed by atoms with E-state index in [1.165, 1.54) is 12.8 Å². The third-order valence-corrected chi connectivity index (χ3v) is 4.09. The summed E-state index contributed by atoms with van der Waals surface area (Å²) in [7, 11) is 0. The van der Waals surface area contributed by atoms with Crippen LogP contribution in [0, 0.1) is 0 Å². The van der Waals surface area contributed by atoms with Crippen LogP contribution in [0.15, 0.2) is 30.3 Å². The lowest BCUT2D eigenvalue weighted by Crippen LogP contribution is -2.28. The van der Waals surface area contributed by atoms with Crippen LogP contribution in [-0.4, -0.2) is 51.5 Å². The second kappa shape index (κ2) is 34.0. The number of hydrogen-bond acceptors (Lipinski definition) is 6. The zero-order chi connectivity index (χ0) is 27.0. The van der Waals surface area contributed by atoms with E-state index in [0.717, 1.165) is 31.5 Å². The summed E-state index contributed by atoms with van der Waals surface area (Å²) in [5, 5.41) is 8.61. The van der Waals surface area contributed by atoms with Gasteiger partial charge in [0.1, 0.15) is 6.61 Å². The summed E-state index contributed by atoms with van der Waals surface area (Å²) in [6.07, 6.45) is 5.08. The van der Waals surface area contributed by atoms with E-state index in [4.69, 9.17) is 15.2 Å². The lowest BCUT2D eigenvalue weighted by Gasteiger charge is -2.07. The zero-order valence-electron chi connectivity index (χ0n) is 23.3. The average molecular weight is 499 g/mol. The second-order valence-electron chi connectivity index (χ2n) is 6.99. The molecule has 8 nitrogen and oxygen atoms in total. The normalized spacial score (nSPS) is 9.23. The lowest BCUT2D eigenvalue weighted by atomic mass is 10.2. The van der Waals surface area contributed by atoms with Crippen molar-refractivity contribution in [3.05, 3.63) is 35.9 Å². The summed E-state index contributed by atoms with van der Waals surface area (Å²) < 4.78 is 10.2. The van der Waals surface area contributed by atoms with Gasteiger partial charge in [0.15, 0.2) is 0 Å². The molecule has 0 unspecified atom stereocenters. The Morgan fingerprint density at radius 2 is 1.46 bits per heavy atom. The molecule has 0 saturated carbocycles. The maximum atomic E-state index is 11.4. The van der Waals surface area contributed by atoms with Gasteiger partial charge in [0, 0.05) is 26.1 Å². The van der Waals surface area contributed by atoms with Crippen molar-refractivity contribution in [2.75, 3.05) is 39.5 Å². The number of nitrogens with one attached hydrogen (secondary N) is 3. The van der Waals surface area contributed by atoms with E-state index in [2.05, 4.69) is 29.8 Å². The molecular weight excluding hydrogens is 444 g/mol. The molecule has 206 valence electrons. The Kier molecular flexibility index (Phi) is 36.3. The van der Waals surface area contributed by atoms with Gasteiger partial charge >= 0.3 is 6.09 Å². The highest BCUT2D eigenvalue weighted by Crippen LogP contribution is 2.00. The van der Waals surface area contributed by atoms with E-state index in [0.29, 0.717) is 39.3 Å². The Bertz CT molecular complexity index is 537. The molecule has 1 aromatic carbocycles. The van der Waals surface area contributed by atoms with Crippen LogP contribution in [-0.2, 0) is 20.9 Å². The lowest BCUT2D eigenvalue weighted by molar-refractivity contribution is -0.121. The Hall–Kier alpha value is -2.16. The Morgan fingerprint density at radius 1 is 0.857 bits per heavy atom. The number of hydrogen-bond donors (Lipinski definition) is 4. The molecule has 1 aromatic rings. The third kappa shape index (κ3) is 31.8. The van der Waals surface area contributed by atoms with Crippen molar-refractivity contribution in [3.8, 4) is 0 Å². The minimum Gasteiger partial charge on any atom is -0.445 e. The zero-order valence-corrected chi connectivity index (χ0v) is 23.3. The van der Waals surface area contributed by atoms with Crippen LogP contribution in [0.2, 0.25) is 0 Å². The molecule has 0 saturated heterocycles. The second-order valence-corrected chi connectivity index (χ2v) is 6.99. The van der Waals surface area contributed by atoms with Gasteiger partial charge in [-0.1, -0.05) is 84.7 Å². The Morgan fingerprint density at radius 3 is 2.06 bits per heavy atom. The van der Waals surface area contributed by atoms with Gasteiger partial charge in [0.05, 0.1) is 13.3 Å². The number of unbranched alkanes of at least 4 members (excludes halogenated alkanes) is 2. The fourth-order valence-electron chi connectivity index (χ4n) is 2.31. The minimum atomic E-state index is -0.453. The summed E-state index contributed by atoms with van der Waals surface area (Å²) in [5.41, 5.74) is 6.16.